The van der Waals surface area contributed by atoms with E-state index in [2.05, 4.69) is 71.7 Å². The summed E-state index contributed by atoms with van der Waals surface area (Å²) in [6, 6.07) is 16.7. The number of aromatic nitrogens is 2. The smallest absolute Gasteiger partial charge is 0.170 e. The molecule has 3 heterocycles. The van der Waals surface area contributed by atoms with Crippen molar-refractivity contribution in [3.63, 3.8) is 0 Å². The lowest BCUT2D eigenvalue weighted by Gasteiger charge is -2.29. The van der Waals surface area contributed by atoms with Crippen molar-refractivity contribution in [3.05, 3.63) is 77.4 Å². The van der Waals surface area contributed by atoms with E-state index in [1.807, 2.05) is 30.5 Å². The number of nitrogens with one attached hydrogen (secondary N) is 1. The molecule has 1 saturated heterocycles. The van der Waals surface area contributed by atoms with E-state index in [1.54, 1.807) is 7.11 Å². The predicted molar refractivity (Wildman–Crippen MR) is 129 cm³/mol. The number of pyridine rings is 1. The maximum Gasteiger partial charge on any atom is 0.170 e. The summed E-state index contributed by atoms with van der Waals surface area (Å²) in [7, 11) is 1.69. The lowest BCUT2D eigenvalue weighted by atomic mass is 9.96. The maximum atomic E-state index is 5.78. The molecule has 0 unspecified atom stereocenters. The first kappa shape index (κ1) is 21.4. The largest absolute Gasteiger partial charge is 0.497 e. The zero-order valence-corrected chi connectivity index (χ0v) is 19.6. The third-order valence-electron chi connectivity index (χ3n) is 5.88. The van der Waals surface area contributed by atoms with Gasteiger partial charge in [-0.3, -0.25) is 4.98 Å². The molecule has 1 aliphatic heterocycles. The second-order valence-electron chi connectivity index (χ2n) is 8.53. The summed E-state index contributed by atoms with van der Waals surface area (Å²) in [6.45, 7) is 9.70. The summed E-state index contributed by atoms with van der Waals surface area (Å²) in [5.41, 5.74) is 5.82. The van der Waals surface area contributed by atoms with Gasteiger partial charge in [0.15, 0.2) is 5.11 Å². The number of hydrogen-bond acceptors (Lipinski definition) is 3. The van der Waals surface area contributed by atoms with Crippen LogP contribution >= 0.6 is 12.2 Å². The molecule has 0 spiro atoms. The molecule has 4 rings (SSSR count). The first-order valence-electron chi connectivity index (χ1n) is 10.7. The van der Waals surface area contributed by atoms with Gasteiger partial charge in [0, 0.05) is 29.8 Å². The maximum absolute atomic E-state index is 5.78. The number of hydrogen-bond donors (Lipinski definition) is 1. The number of aryl methyl sites for hydroxylation is 1. The van der Waals surface area contributed by atoms with Crippen molar-refractivity contribution >= 4 is 17.3 Å². The van der Waals surface area contributed by atoms with Crippen molar-refractivity contribution in [2.24, 2.45) is 5.92 Å². The van der Waals surface area contributed by atoms with Gasteiger partial charge in [-0.2, -0.15) is 0 Å². The quantitative estimate of drug-likeness (QED) is 0.545. The minimum atomic E-state index is 0.0114. The second kappa shape index (κ2) is 8.71. The van der Waals surface area contributed by atoms with Crippen LogP contribution in [0.25, 0.3) is 5.69 Å². The second-order valence-corrected chi connectivity index (χ2v) is 8.92. The van der Waals surface area contributed by atoms with Crippen LogP contribution in [0.3, 0.4) is 0 Å². The van der Waals surface area contributed by atoms with Crippen LogP contribution in [0.4, 0.5) is 0 Å². The minimum Gasteiger partial charge on any atom is -0.497 e. The van der Waals surface area contributed by atoms with Crippen LogP contribution in [0.5, 0.6) is 5.75 Å². The highest BCUT2D eigenvalue weighted by atomic mass is 32.1. The molecule has 1 aliphatic rings. The molecule has 1 aromatic carbocycles. The summed E-state index contributed by atoms with van der Waals surface area (Å²) in [6.07, 6.45) is 1.85. The van der Waals surface area contributed by atoms with Crippen molar-refractivity contribution in [1.82, 2.24) is 19.8 Å². The van der Waals surface area contributed by atoms with Crippen molar-refractivity contribution < 1.29 is 4.74 Å². The van der Waals surface area contributed by atoms with Crippen molar-refractivity contribution in [2.45, 2.75) is 39.8 Å². The standard InChI is InChI=1S/C25H30N4OS/c1-16(2)15-28-24(23(27-25(28)31)22-8-6-7-13-26-22)21-14-17(3)29(18(21)4)19-9-11-20(30-5)12-10-19/h6-14,16,23-24H,15H2,1-5H3,(H,27,31)/t23-,24+/m0/s1. The molecule has 1 fully saturated rings. The van der Waals surface area contributed by atoms with Crippen LogP contribution in [0.15, 0.2) is 54.7 Å². The molecule has 0 saturated carbocycles. The molecule has 5 nitrogen and oxygen atoms in total. The van der Waals surface area contributed by atoms with Crippen LogP contribution in [-0.2, 0) is 0 Å². The zero-order valence-electron chi connectivity index (χ0n) is 18.8. The van der Waals surface area contributed by atoms with Crippen molar-refractivity contribution in [1.29, 1.82) is 0 Å². The molecule has 0 aliphatic carbocycles. The molecule has 162 valence electrons. The number of thiocarbonyl (C=S) groups is 1. The highest BCUT2D eigenvalue weighted by Crippen LogP contribution is 2.41. The molecule has 31 heavy (non-hydrogen) atoms. The molecule has 2 atom stereocenters. The molecule has 2 aromatic heterocycles. The Morgan fingerprint density at radius 1 is 1.13 bits per heavy atom. The average Bonchev–Trinajstić information content (AvgIpc) is 3.24. The van der Waals surface area contributed by atoms with Gasteiger partial charge in [0.25, 0.3) is 0 Å². The average molecular weight is 435 g/mol. The summed E-state index contributed by atoms with van der Waals surface area (Å²) in [4.78, 5) is 6.98. The van der Waals surface area contributed by atoms with Gasteiger partial charge in [0.1, 0.15) is 5.75 Å². The number of nitrogens with zero attached hydrogens (tertiary/aromatic N) is 3. The van der Waals surface area contributed by atoms with Crippen molar-refractivity contribution in [2.75, 3.05) is 13.7 Å². The Kier molecular flexibility index (Phi) is 6.01. The van der Waals surface area contributed by atoms with Crippen molar-refractivity contribution in [3.8, 4) is 11.4 Å². The number of methoxy groups -OCH3 is 1. The van der Waals surface area contributed by atoms with E-state index >= 15 is 0 Å². The summed E-state index contributed by atoms with van der Waals surface area (Å²) >= 11 is 5.78. The van der Waals surface area contributed by atoms with E-state index in [9.17, 15) is 0 Å². The molecular formula is C25H30N4OS. The summed E-state index contributed by atoms with van der Waals surface area (Å²) in [5, 5.41) is 4.35. The highest BCUT2D eigenvalue weighted by Gasteiger charge is 2.41. The molecule has 0 bridgehead atoms. The third-order valence-corrected chi connectivity index (χ3v) is 6.23. The van der Waals surface area contributed by atoms with E-state index < -0.39 is 0 Å². The van der Waals surface area contributed by atoms with Crippen LogP contribution in [0.2, 0.25) is 0 Å². The van der Waals surface area contributed by atoms with Gasteiger partial charge in [-0.1, -0.05) is 19.9 Å². The molecular weight excluding hydrogens is 404 g/mol. The Hall–Kier alpha value is -2.86. The Morgan fingerprint density at radius 2 is 1.87 bits per heavy atom. The number of benzene rings is 1. The zero-order chi connectivity index (χ0) is 22.1. The molecule has 3 aromatic rings. The van der Waals surface area contributed by atoms with Gasteiger partial charge in [-0.15, -0.1) is 0 Å². The molecule has 0 radical (unpaired) electrons. The lowest BCUT2D eigenvalue weighted by molar-refractivity contribution is 0.287. The number of ether oxygens (including phenoxy) is 1. The van der Waals surface area contributed by atoms with Gasteiger partial charge < -0.3 is 19.5 Å². The van der Waals surface area contributed by atoms with E-state index in [-0.39, 0.29) is 12.1 Å². The molecule has 1 N–H and O–H groups in total. The van der Waals surface area contributed by atoms with Gasteiger partial charge in [0.2, 0.25) is 0 Å². The van der Waals surface area contributed by atoms with E-state index in [0.29, 0.717) is 5.92 Å². The SMILES string of the molecule is COc1ccc(-n2c(C)cc([C@@H]3[C@H](c4ccccn4)NC(=S)N3CC(C)C)c2C)cc1. The monoisotopic (exact) mass is 434 g/mol. The van der Waals surface area contributed by atoms with E-state index in [1.165, 1.54) is 17.0 Å². The van der Waals surface area contributed by atoms with Crippen LogP contribution < -0.4 is 10.1 Å². The van der Waals surface area contributed by atoms with E-state index in [0.717, 1.165) is 28.8 Å². The lowest BCUT2D eigenvalue weighted by Crippen LogP contribution is -2.33. The minimum absolute atomic E-state index is 0.0114. The fourth-order valence-electron chi connectivity index (χ4n) is 4.55. The fraction of sp³-hybridized carbons (Fsp3) is 0.360. The van der Waals surface area contributed by atoms with Gasteiger partial charge in [0.05, 0.1) is 24.9 Å². The molecule has 0 amide bonds. The Labute approximate surface area is 190 Å². The van der Waals surface area contributed by atoms with Crippen LogP contribution in [-0.4, -0.2) is 33.2 Å². The first-order valence-corrected chi connectivity index (χ1v) is 11.1. The third kappa shape index (κ3) is 4.04. The highest BCUT2D eigenvalue weighted by molar-refractivity contribution is 7.80. The van der Waals surface area contributed by atoms with Gasteiger partial charge in [-0.05, 0) is 80.0 Å². The van der Waals surface area contributed by atoms with E-state index in [4.69, 9.17) is 17.0 Å². The van der Waals surface area contributed by atoms with Gasteiger partial charge >= 0.3 is 0 Å². The normalized spacial score (nSPS) is 18.5. The Bertz CT molecular complexity index is 1060. The number of rotatable bonds is 6. The molecule has 6 heteroatoms. The summed E-state index contributed by atoms with van der Waals surface area (Å²) < 4.78 is 7.64. The Balaban J connectivity index is 1.81. The van der Waals surface area contributed by atoms with Crippen LogP contribution in [0, 0.1) is 19.8 Å². The van der Waals surface area contributed by atoms with Crippen LogP contribution in [0.1, 0.15) is 48.6 Å². The summed E-state index contributed by atoms with van der Waals surface area (Å²) in [5.74, 6) is 1.35. The predicted octanol–water partition coefficient (Wildman–Crippen LogP) is 5.13. The van der Waals surface area contributed by atoms with Gasteiger partial charge in [-0.25, -0.2) is 0 Å². The Morgan fingerprint density at radius 3 is 2.48 bits per heavy atom. The topological polar surface area (TPSA) is 42.3 Å². The fourth-order valence-corrected chi connectivity index (χ4v) is 4.86. The first-order chi connectivity index (χ1) is 14.9.